The summed E-state index contributed by atoms with van der Waals surface area (Å²) in [5.74, 6) is -0.183. The molecule has 14 heteroatoms. The molecule has 0 radical (unpaired) electrons. The van der Waals surface area contributed by atoms with Crippen LogP contribution in [-0.4, -0.2) is 79.4 Å². The Kier molecular flexibility index (Phi) is 10.3. The Hall–Kier alpha value is -2.44. The van der Waals surface area contributed by atoms with Gasteiger partial charge in [-0.15, -0.1) is 0 Å². The summed E-state index contributed by atoms with van der Waals surface area (Å²) in [6.07, 6.45) is 21.5. The molecule has 2 aromatic rings. The Labute approximate surface area is 290 Å². The number of carbonyl (C=O) groups is 2. The number of aromatic nitrogens is 4. The van der Waals surface area contributed by atoms with Crippen LogP contribution >= 0.6 is 7.44 Å². The van der Waals surface area contributed by atoms with Gasteiger partial charge in [0.05, 0.1) is 25.1 Å². The Balaban J connectivity index is 0.000000319. The van der Waals surface area contributed by atoms with E-state index < -0.39 is 24.6 Å². The second kappa shape index (κ2) is 13.9. The lowest BCUT2D eigenvalue weighted by Crippen LogP contribution is -2.74. The molecule has 3 atom stereocenters. The second-order valence-electron chi connectivity index (χ2n) is 16.2. The summed E-state index contributed by atoms with van der Waals surface area (Å²) in [5, 5.41) is 2.90. The van der Waals surface area contributed by atoms with Crippen LogP contribution in [0, 0.1) is 10.8 Å². The molecule has 1 saturated heterocycles. The average Bonchev–Trinajstić information content (AvgIpc) is 3.46. The van der Waals surface area contributed by atoms with E-state index in [1.54, 1.807) is 31.7 Å². The topological polar surface area (TPSA) is 164 Å². The SMILES string of the molecule is CC(Cn1cnc2c(N)ncnc21)OCP1(=O)NC(C)(C=O)N1C(C)(C)C(=O)OC1CC2(CCCCC2)C1.COC1CC2(CCCCC2)C1. The zero-order valence-corrected chi connectivity index (χ0v) is 30.9. The zero-order valence-electron chi connectivity index (χ0n) is 30.0. The zero-order chi connectivity index (χ0) is 35.1. The maximum atomic E-state index is 14.0. The number of aldehydes is 1. The number of nitrogens with one attached hydrogen (secondary N) is 1. The highest BCUT2D eigenvalue weighted by molar-refractivity contribution is 7.61. The molecule has 2 spiro atoms. The van der Waals surface area contributed by atoms with E-state index in [1.165, 1.54) is 88.0 Å². The number of anilines is 1. The minimum atomic E-state index is -3.42. The number of methoxy groups -OCH3 is 1. The Morgan fingerprint density at radius 2 is 1.63 bits per heavy atom. The lowest BCUT2D eigenvalue weighted by molar-refractivity contribution is -0.177. The molecule has 2 aromatic heterocycles. The summed E-state index contributed by atoms with van der Waals surface area (Å²) < 4.78 is 34.4. The highest BCUT2D eigenvalue weighted by atomic mass is 31.2. The summed E-state index contributed by atoms with van der Waals surface area (Å²) >= 11 is 0. The summed E-state index contributed by atoms with van der Waals surface area (Å²) in [7, 11) is -1.58. The van der Waals surface area contributed by atoms with Crippen LogP contribution in [0.3, 0.4) is 0 Å². The fraction of sp³-hybridized carbons (Fsp3) is 0.800. The van der Waals surface area contributed by atoms with Gasteiger partial charge in [0.2, 0.25) is 7.44 Å². The van der Waals surface area contributed by atoms with Crippen LogP contribution in [0.2, 0.25) is 0 Å². The van der Waals surface area contributed by atoms with Crippen LogP contribution in [0.25, 0.3) is 11.2 Å². The molecule has 0 aromatic carbocycles. The van der Waals surface area contributed by atoms with Crippen molar-refractivity contribution in [2.24, 2.45) is 10.8 Å². The molecule has 13 nitrogen and oxygen atoms in total. The second-order valence-corrected chi connectivity index (χ2v) is 18.5. The monoisotopic (exact) mass is 701 g/mol. The van der Waals surface area contributed by atoms with Crippen molar-refractivity contribution in [2.75, 3.05) is 19.2 Å². The summed E-state index contributed by atoms with van der Waals surface area (Å²) in [6.45, 7) is 7.14. The van der Waals surface area contributed by atoms with Crippen molar-refractivity contribution in [1.82, 2.24) is 29.3 Å². The van der Waals surface area contributed by atoms with Crippen LogP contribution in [0.15, 0.2) is 12.7 Å². The van der Waals surface area contributed by atoms with Gasteiger partial charge in [0.15, 0.2) is 17.8 Å². The summed E-state index contributed by atoms with van der Waals surface area (Å²) in [6, 6.07) is 0. The van der Waals surface area contributed by atoms with E-state index in [0.29, 0.717) is 41.3 Å². The van der Waals surface area contributed by atoms with E-state index in [-0.39, 0.29) is 18.6 Å². The van der Waals surface area contributed by atoms with Crippen LogP contribution in [0.1, 0.15) is 118 Å². The molecule has 5 aliphatic rings. The van der Waals surface area contributed by atoms with Crippen molar-refractivity contribution in [2.45, 2.75) is 154 Å². The van der Waals surface area contributed by atoms with Gasteiger partial charge >= 0.3 is 5.97 Å². The third-order valence-electron chi connectivity index (χ3n) is 11.9. The van der Waals surface area contributed by atoms with Crippen molar-refractivity contribution in [3.63, 3.8) is 0 Å². The van der Waals surface area contributed by atoms with Crippen molar-refractivity contribution in [1.29, 1.82) is 0 Å². The highest BCUT2D eigenvalue weighted by Crippen LogP contribution is 2.63. The van der Waals surface area contributed by atoms with E-state index >= 15 is 0 Å². The minimum Gasteiger partial charge on any atom is -0.461 e. The van der Waals surface area contributed by atoms with Gasteiger partial charge in [0.1, 0.15) is 35.5 Å². The number of rotatable bonds is 10. The molecule has 49 heavy (non-hydrogen) atoms. The number of nitrogens with two attached hydrogens (primary N) is 1. The molecule has 4 aliphatic carbocycles. The molecule has 5 fully saturated rings. The van der Waals surface area contributed by atoms with Crippen LogP contribution < -0.4 is 10.8 Å². The van der Waals surface area contributed by atoms with Gasteiger partial charge in [0.25, 0.3) is 0 Å². The maximum Gasteiger partial charge on any atom is 0.326 e. The molecular weight excluding hydrogens is 645 g/mol. The van der Waals surface area contributed by atoms with Gasteiger partial charge < -0.3 is 24.5 Å². The van der Waals surface area contributed by atoms with Gasteiger partial charge in [-0.2, -0.15) is 4.67 Å². The van der Waals surface area contributed by atoms with E-state index in [2.05, 4.69) is 20.0 Å². The first-order valence-corrected chi connectivity index (χ1v) is 20.0. The van der Waals surface area contributed by atoms with Crippen molar-refractivity contribution < 1.29 is 28.4 Å². The van der Waals surface area contributed by atoms with Gasteiger partial charge in [-0.1, -0.05) is 38.5 Å². The number of nitrogens with zero attached hydrogens (tertiary/aromatic N) is 5. The third-order valence-corrected chi connectivity index (χ3v) is 14.8. The fourth-order valence-corrected chi connectivity index (χ4v) is 12.5. The number of nitrogen functional groups attached to an aromatic ring is 1. The molecule has 3 N–H and O–H groups in total. The molecule has 7 rings (SSSR count). The normalized spacial score (nSPS) is 30.0. The quantitative estimate of drug-likeness (QED) is 0.170. The Bertz CT molecular complexity index is 1540. The largest absolute Gasteiger partial charge is 0.461 e. The maximum absolute atomic E-state index is 14.0. The van der Waals surface area contributed by atoms with E-state index in [1.807, 2.05) is 14.0 Å². The molecule has 272 valence electrons. The lowest BCUT2D eigenvalue weighted by Gasteiger charge is -2.59. The standard InChI is InChI=1S/C25H38N7O5P.C10H18O/c1-17(12-31-15-29-19-20(26)27-14-28-21(19)31)36-16-38(35)30-24(4,13-33)32(38)23(2,3)22(34)37-18-10-25(11-18)8-6-5-7-9-25;1-11-9-7-10(8-9)5-3-2-4-6-10/h13-15,17-18H,5-12,16H2,1-4H3,(H,30,35)(H2,26,27,28);9H,2-8H2,1H3. The molecule has 1 aliphatic heterocycles. The van der Waals surface area contributed by atoms with Gasteiger partial charge in [-0.3, -0.25) is 14.2 Å². The summed E-state index contributed by atoms with van der Waals surface area (Å²) in [5.41, 5.74) is 5.44. The first-order chi connectivity index (χ1) is 23.3. The van der Waals surface area contributed by atoms with Gasteiger partial charge in [0, 0.05) is 7.11 Å². The number of hydrogen-bond acceptors (Lipinski definition) is 10. The van der Waals surface area contributed by atoms with Gasteiger partial charge in [-0.05, 0) is 89.9 Å². The molecular formula is C35H56N7O6P. The predicted octanol–water partition coefficient (Wildman–Crippen LogP) is 5.96. The average molecular weight is 702 g/mol. The first kappa shape index (κ1) is 36.4. The van der Waals surface area contributed by atoms with Crippen molar-refractivity contribution in [3.05, 3.63) is 12.7 Å². The van der Waals surface area contributed by atoms with Crippen LogP contribution in [0.5, 0.6) is 0 Å². The number of hydrogen-bond donors (Lipinski definition) is 2. The number of imidazole rings is 1. The van der Waals surface area contributed by atoms with Crippen LogP contribution in [0.4, 0.5) is 5.82 Å². The van der Waals surface area contributed by atoms with E-state index in [4.69, 9.17) is 19.9 Å². The number of ether oxygens (including phenoxy) is 3. The Morgan fingerprint density at radius 3 is 2.20 bits per heavy atom. The molecule has 4 saturated carbocycles. The smallest absolute Gasteiger partial charge is 0.326 e. The molecule has 3 heterocycles. The first-order valence-electron chi connectivity index (χ1n) is 18.2. The highest BCUT2D eigenvalue weighted by Gasteiger charge is 2.65. The number of fused-ring (bicyclic) bond motifs is 1. The Morgan fingerprint density at radius 1 is 1.04 bits per heavy atom. The summed E-state index contributed by atoms with van der Waals surface area (Å²) in [4.78, 5) is 37.8. The minimum absolute atomic E-state index is 0.130. The van der Waals surface area contributed by atoms with Crippen LogP contribution in [-0.2, 0) is 34.9 Å². The molecule has 0 amide bonds. The lowest BCUT2D eigenvalue weighted by atomic mass is 9.59. The molecule has 0 bridgehead atoms. The fourth-order valence-electron chi connectivity index (χ4n) is 9.35. The predicted molar refractivity (Wildman–Crippen MR) is 186 cm³/mol. The van der Waals surface area contributed by atoms with E-state index in [0.717, 1.165) is 18.3 Å². The third kappa shape index (κ3) is 7.20. The molecule has 3 unspecified atom stereocenters. The number of esters is 1. The number of carbonyl (C=O) groups excluding carboxylic acids is 2. The van der Waals surface area contributed by atoms with E-state index in [9.17, 15) is 14.2 Å². The van der Waals surface area contributed by atoms with Gasteiger partial charge in [-0.25, -0.2) is 20.0 Å². The van der Waals surface area contributed by atoms with Crippen molar-refractivity contribution >= 4 is 36.7 Å². The van der Waals surface area contributed by atoms with Crippen molar-refractivity contribution in [3.8, 4) is 0 Å².